The van der Waals surface area contributed by atoms with Crippen molar-refractivity contribution in [1.29, 1.82) is 0 Å². The molecule has 0 spiro atoms. The number of amides is 1. The molecule has 1 saturated heterocycles. The molecule has 1 unspecified atom stereocenters. The van der Waals surface area contributed by atoms with E-state index in [0.717, 1.165) is 24.9 Å². The van der Waals surface area contributed by atoms with Gasteiger partial charge >= 0.3 is 0 Å². The average molecular weight is 263 g/mol. The van der Waals surface area contributed by atoms with E-state index in [0.29, 0.717) is 12.2 Å². The lowest BCUT2D eigenvalue weighted by atomic mass is 9.98. The van der Waals surface area contributed by atoms with Crippen LogP contribution in [-0.2, 0) is 11.3 Å². The second-order valence-electron chi connectivity index (χ2n) is 4.68. The first-order valence-electron chi connectivity index (χ1n) is 6.12. The molecule has 1 aromatic heterocycles. The van der Waals surface area contributed by atoms with Crippen LogP contribution in [-0.4, -0.2) is 27.3 Å². The number of carbonyl (C=O) groups excluding carboxylic acids is 1. The smallest absolute Gasteiger partial charge is 0.225 e. The zero-order valence-electron chi connectivity index (χ0n) is 10.4. The number of piperidine rings is 1. The Morgan fingerprint density at radius 2 is 2.44 bits per heavy atom. The predicted octanol–water partition coefficient (Wildman–Crippen LogP) is 1.47. The van der Waals surface area contributed by atoms with Crippen LogP contribution in [0.4, 0.5) is 0 Å². The van der Waals surface area contributed by atoms with Crippen molar-refractivity contribution in [2.24, 2.45) is 11.7 Å². The number of nitrogens with two attached hydrogens (primary N) is 1. The number of likely N-dealkylation sites (tertiary alicyclic amines) is 1. The maximum atomic E-state index is 12.1. The van der Waals surface area contributed by atoms with Gasteiger partial charge in [0, 0.05) is 30.8 Å². The Morgan fingerprint density at radius 3 is 3.17 bits per heavy atom. The number of hydrogen-bond acceptors (Lipinski definition) is 3. The lowest BCUT2D eigenvalue weighted by Crippen LogP contribution is -2.40. The highest BCUT2D eigenvalue weighted by Gasteiger charge is 2.25. The third-order valence-corrected chi connectivity index (χ3v) is 3.48. The Bertz CT molecular complexity index is 475. The van der Waals surface area contributed by atoms with Gasteiger partial charge in [-0.3, -0.25) is 9.78 Å². The first-order chi connectivity index (χ1) is 8.59. The third kappa shape index (κ3) is 2.67. The Labute approximate surface area is 112 Å². The quantitative estimate of drug-likeness (QED) is 0.839. The summed E-state index contributed by atoms with van der Waals surface area (Å²) in [6.07, 6.45) is 3.69. The van der Waals surface area contributed by atoms with E-state index in [1.54, 1.807) is 6.20 Å². The van der Waals surface area contributed by atoms with Crippen LogP contribution in [0.2, 0.25) is 0 Å². The Kier molecular flexibility index (Phi) is 3.91. The molecule has 5 heteroatoms. The van der Waals surface area contributed by atoms with Crippen molar-refractivity contribution >= 4 is 23.1 Å². The summed E-state index contributed by atoms with van der Waals surface area (Å²) in [7, 11) is 0. The standard InChI is InChI=1S/C13H17N3OS/c1-9-4-3-7-16(13(9)17)8-10-5-2-6-15-11(10)12(14)18/h2,5-6,9H,3-4,7-8H2,1H3,(H2,14,18). The number of carbonyl (C=O) groups is 1. The monoisotopic (exact) mass is 263 g/mol. The zero-order valence-corrected chi connectivity index (χ0v) is 11.2. The van der Waals surface area contributed by atoms with Gasteiger partial charge in [0.15, 0.2) is 0 Å². The van der Waals surface area contributed by atoms with Gasteiger partial charge in [0.05, 0.1) is 0 Å². The van der Waals surface area contributed by atoms with Gasteiger partial charge in [-0.2, -0.15) is 0 Å². The molecule has 18 heavy (non-hydrogen) atoms. The molecule has 1 aliphatic rings. The van der Waals surface area contributed by atoms with Crippen molar-refractivity contribution in [3.63, 3.8) is 0 Å². The van der Waals surface area contributed by atoms with Gasteiger partial charge in [-0.05, 0) is 18.9 Å². The fourth-order valence-electron chi connectivity index (χ4n) is 2.28. The second-order valence-corrected chi connectivity index (χ2v) is 5.12. The predicted molar refractivity (Wildman–Crippen MR) is 73.9 cm³/mol. The Morgan fingerprint density at radius 1 is 1.67 bits per heavy atom. The molecule has 96 valence electrons. The summed E-state index contributed by atoms with van der Waals surface area (Å²) in [6.45, 7) is 3.32. The molecule has 2 N–H and O–H groups in total. The van der Waals surface area contributed by atoms with Gasteiger partial charge in [0.1, 0.15) is 10.7 Å². The highest BCUT2D eigenvalue weighted by molar-refractivity contribution is 7.80. The fourth-order valence-corrected chi connectivity index (χ4v) is 2.47. The van der Waals surface area contributed by atoms with Gasteiger partial charge in [0.2, 0.25) is 5.91 Å². The molecule has 0 aromatic carbocycles. The van der Waals surface area contributed by atoms with Crippen molar-refractivity contribution < 1.29 is 4.79 Å². The summed E-state index contributed by atoms with van der Waals surface area (Å²) in [5.74, 6) is 0.322. The molecule has 1 amide bonds. The minimum atomic E-state index is 0.115. The minimum absolute atomic E-state index is 0.115. The third-order valence-electron chi connectivity index (χ3n) is 3.28. The summed E-state index contributed by atoms with van der Waals surface area (Å²) < 4.78 is 0. The number of thiocarbonyl (C=S) groups is 1. The zero-order chi connectivity index (χ0) is 13.1. The molecule has 2 heterocycles. The van der Waals surface area contributed by atoms with Gasteiger partial charge in [-0.15, -0.1) is 0 Å². The molecule has 1 aliphatic heterocycles. The topological polar surface area (TPSA) is 59.2 Å². The average Bonchev–Trinajstić information content (AvgIpc) is 2.35. The second kappa shape index (κ2) is 5.44. The van der Waals surface area contributed by atoms with Crippen LogP contribution >= 0.6 is 12.2 Å². The van der Waals surface area contributed by atoms with Gasteiger partial charge < -0.3 is 10.6 Å². The number of rotatable bonds is 3. The van der Waals surface area contributed by atoms with Gasteiger partial charge in [0.25, 0.3) is 0 Å². The Hall–Kier alpha value is -1.49. The van der Waals surface area contributed by atoms with Crippen LogP contribution < -0.4 is 5.73 Å². The van der Waals surface area contributed by atoms with Crippen LogP contribution in [0.3, 0.4) is 0 Å². The van der Waals surface area contributed by atoms with Crippen molar-refractivity contribution in [1.82, 2.24) is 9.88 Å². The molecule has 1 fully saturated rings. The molecule has 1 atom stereocenters. The molecule has 1 aromatic rings. The Balaban J connectivity index is 2.18. The van der Waals surface area contributed by atoms with E-state index in [9.17, 15) is 4.79 Å². The van der Waals surface area contributed by atoms with E-state index in [1.165, 1.54) is 0 Å². The number of pyridine rings is 1. The van der Waals surface area contributed by atoms with Gasteiger partial charge in [-0.1, -0.05) is 25.2 Å². The highest BCUT2D eigenvalue weighted by atomic mass is 32.1. The first-order valence-corrected chi connectivity index (χ1v) is 6.53. The van der Waals surface area contributed by atoms with E-state index in [-0.39, 0.29) is 16.8 Å². The molecular formula is C13H17N3OS. The van der Waals surface area contributed by atoms with E-state index in [1.807, 2.05) is 24.0 Å². The normalized spacial score (nSPS) is 19.9. The van der Waals surface area contributed by atoms with Crippen LogP contribution in [0.5, 0.6) is 0 Å². The molecule has 0 bridgehead atoms. The summed E-state index contributed by atoms with van der Waals surface area (Å²) >= 11 is 4.98. The maximum absolute atomic E-state index is 12.1. The van der Waals surface area contributed by atoms with Crippen molar-refractivity contribution in [2.45, 2.75) is 26.3 Å². The largest absolute Gasteiger partial charge is 0.388 e. The van der Waals surface area contributed by atoms with E-state index < -0.39 is 0 Å². The summed E-state index contributed by atoms with van der Waals surface area (Å²) in [6, 6.07) is 3.77. The van der Waals surface area contributed by atoms with Crippen molar-refractivity contribution in [3.05, 3.63) is 29.6 Å². The van der Waals surface area contributed by atoms with E-state index in [2.05, 4.69) is 4.98 Å². The molecule has 0 radical (unpaired) electrons. The van der Waals surface area contributed by atoms with Crippen LogP contribution in [0, 0.1) is 5.92 Å². The van der Waals surface area contributed by atoms with Gasteiger partial charge in [-0.25, -0.2) is 0 Å². The van der Waals surface area contributed by atoms with Crippen molar-refractivity contribution in [3.8, 4) is 0 Å². The molecule has 4 nitrogen and oxygen atoms in total. The summed E-state index contributed by atoms with van der Waals surface area (Å²) in [4.78, 5) is 18.4. The maximum Gasteiger partial charge on any atom is 0.225 e. The minimum Gasteiger partial charge on any atom is -0.388 e. The molecular weight excluding hydrogens is 246 g/mol. The fraction of sp³-hybridized carbons (Fsp3) is 0.462. The van der Waals surface area contributed by atoms with E-state index in [4.69, 9.17) is 18.0 Å². The molecule has 0 aliphatic carbocycles. The summed E-state index contributed by atoms with van der Waals surface area (Å²) in [5, 5.41) is 0. The van der Waals surface area contributed by atoms with E-state index >= 15 is 0 Å². The lowest BCUT2D eigenvalue weighted by Gasteiger charge is -2.31. The van der Waals surface area contributed by atoms with Crippen LogP contribution in [0.25, 0.3) is 0 Å². The number of hydrogen-bond donors (Lipinski definition) is 1. The summed E-state index contributed by atoms with van der Waals surface area (Å²) in [5.41, 5.74) is 7.19. The lowest BCUT2D eigenvalue weighted by molar-refractivity contribution is -0.138. The highest BCUT2D eigenvalue weighted by Crippen LogP contribution is 2.20. The van der Waals surface area contributed by atoms with Crippen molar-refractivity contribution in [2.75, 3.05) is 6.54 Å². The van der Waals surface area contributed by atoms with Crippen LogP contribution in [0.1, 0.15) is 31.0 Å². The first kappa shape index (κ1) is 13.0. The number of aromatic nitrogens is 1. The molecule has 0 saturated carbocycles. The van der Waals surface area contributed by atoms with Crippen LogP contribution in [0.15, 0.2) is 18.3 Å². The SMILES string of the molecule is CC1CCCN(Cc2cccnc2C(N)=S)C1=O. The molecule has 2 rings (SSSR count). The number of nitrogens with zero attached hydrogens (tertiary/aromatic N) is 2.